The van der Waals surface area contributed by atoms with Gasteiger partial charge in [0.15, 0.2) is 0 Å². The molecule has 0 amide bonds. The second-order valence-electron chi connectivity index (χ2n) is 4.62. The van der Waals surface area contributed by atoms with Gasteiger partial charge in [0.2, 0.25) is 0 Å². The predicted octanol–water partition coefficient (Wildman–Crippen LogP) is 1.08. The summed E-state index contributed by atoms with van der Waals surface area (Å²) in [6, 6.07) is 9.92. The van der Waals surface area contributed by atoms with Crippen molar-refractivity contribution < 1.29 is 23.8 Å². The summed E-state index contributed by atoms with van der Waals surface area (Å²) in [7, 11) is 1.52. The molecule has 2 aromatic carbocycles. The fourth-order valence-electron chi connectivity index (χ4n) is 2.25. The number of ether oxygens (including phenoxy) is 2. The molecule has 1 heterocycles. The Morgan fingerprint density at radius 2 is 1.82 bits per heavy atom. The highest BCUT2D eigenvalue weighted by Gasteiger charge is 2.09. The van der Waals surface area contributed by atoms with Gasteiger partial charge in [0, 0.05) is 16.8 Å². The van der Waals surface area contributed by atoms with Crippen molar-refractivity contribution in [2.75, 3.05) is 13.7 Å². The van der Waals surface area contributed by atoms with Crippen LogP contribution in [0.5, 0.6) is 11.5 Å². The Bertz CT molecular complexity index is 925. The Balaban J connectivity index is 2.17. The zero-order valence-corrected chi connectivity index (χ0v) is 11.6. The fourth-order valence-corrected chi connectivity index (χ4v) is 2.25. The van der Waals surface area contributed by atoms with Crippen LogP contribution in [0.25, 0.3) is 21.7 Å². The summed E-state index contributed by atoms with van der Waals surface area (Å²) in [5, 5.41) is 12.3. The van der Waals surface area contributed by atoms with E-state index in [1.807, 2.05) is 0 Å². The first-order valence-corrected chi connectivity index (χ1v) is 6.46. The van der Waals surface area contributed by atoms with Gasteiger partial charge >= 0.3 is 5.63 Å². The van der Waals surface area contributed by atoms with Crippen LogP contribution < -0.4 is 20.2 Å². The van der Waals surface area contributed by atoms with Crippen LogP contribution in [0.3, 0.4) is 0 Å². The van der Waals surface area contributed by atoms with E-state index in [0.717, 1.165) is 10.8 Å². The lowest BCUT2D eigenvalue weighted by Crippen LogP contribution is -2.28. The lowest BCUT2D eigenvalue weighted by Gasteiger charge is -2.08. The molecule has 0 saturated heterocycles. The highest BCUT2D eigenvalue weighted by molar-refractivity contribution is 6.04. The maximum absolute atomic E-state index is 12.1. The van der Waals surface area contributed by atoms with Gasteiger partial charge in [0.1, 0.15) is 23.7 Å². The topological polar surface area (TPSA) is 88.8 Å². The number of carbonyl (C=O) groups excluding carboxylic acids is 1. The lowest BCUT2D eigenvalue weighted by molar-refractivity contribution is -0.307. The molecule has 0 saturated carbocycles. The third-order valence-corrected chi connectivity index (χ3v) is 3.25. The van der Waals surface area contributed by atoms with E-state index in [2.05, 4.69) is 0 Å². The number of rotatable bonds is 4. The van der Waals surface area contributed by atoms with Crippen LogP contribution >= 0.6 is 0 Å². The number of hydrogen-bond acceptors (Lipinski definition) is 6. The molecule has 0 atom stereocenters. The van der Waals surface area contributed by atoms with Crippen LogP contribution in [0.15, 0.2) is 45.6 Å². The summed E-state index contributed by atoms with van der Waals surface area (Å²) in [5.41, 5.74) is -0.183. The third kappa shape index (κ3) is 2.46. The number of carboxylic acid groups (broad SMARTS) is 1. The smallest absolute Gasteiger partial charge is 0.344 e. The van der Waals surface area contributed by atoms with Crippen molar-refractivity contribution in [2.45, 2.75) is 0 Å². The number of carbonyl (C=O) groups is 1. The predicted molar refractivity (Wildman–Crippen MR) is 77.0 cm³/mol. The van der Waals surface area contributed by atoms with Crippen molar-refractivity contribution in [3.63, 3.8) is 0 Å². The number of aliphatic carboxylic acids is 1. The van der Waals surface area contributed by atoms with E-state index in [4.69, 9.17) is 13.9 Å². The van der Waals surface area contributed by atoms with Gasteiger partial charge in [-0.3, -0.25) is 0 Å². The molecule has 112 valence electrons. The molecule has 6 heteroatoms. The molecule has 0 N–H and O–H groups in total. The molecule has 0 unspecified atom stereocenters. The molecule has 0 fully saturated rings. The van der Waals surface area contributed by atoms with E-state index in [1.54, 1.807) is 30.3 Å². The molecule has 0 aliphatic rings. The van der Waals surface area contributed by atoms with Crippen molar-refractivity contribution >= 4 is 27.7 Å². The van der Waals surface area contributed by atoms with Crippen molar-refractivity contribution in [2.24, 2.45) is 0 Å². The molecule has 1 aromatic heterocycles. The molecule has 0 aliphatic carbocycles. The normalized spacial score (nSPS) is 10.8. The van der Waals surface area contributed by atoms with Gasteiger partial charge in [-0.15, -0.1) is 0 Å². The summed E-state index contributed by atoms with van der Waals surface area (Å²) in [4.78, 5) is 22.5. The standard InChI is InChI=1S/C16H12O6/c1-20-9-2-4-11-12-5-3-10(21-8-15(17)18)7-14(12)22-16(19)13(11)6-9/h2-7H,8H2,1H3,(H,17,18)/p-1. The molecule has 6 nitrogen and oxygen atoms in total. The van der Waals surface area contributed by atoms with Crippen molar-refractivity contribution in [3.8, 4) is 11.5 Å². The zero-order valence-electron chi connectivity index (χ0n) is 11.6. The second-order valence-corrected chi connectivity index (χ2v) is 4.62. The summed E-state index contributed by atoms with van der Waals surface area (Å²) >= 11 is 0. The Morgan fingerprint density at radius 1 is 1.09 bits per heavy atom. The summed E-state index contributed by atoms with van der Waals surface area (Å²) in [6.45, 7) is -0.569. The van der Waals surface area contributed by atoms with Gasteiger partial charge < -0.3 is 23.8 Å². The molecule has 0 radical (unpaired) electrons. The number of methoxy groups -OCH3 is 1. The minimum atomic E-state index is -1.33. The van der Waals surface area contributed by atoms with E-state index < -0.39 is 18.2 Å². The van der Waals surface area contributed by atoms with Gasteiger partial charge in [-0.1, -0.05) is 0 Å². The van der Waals surface area contributed by atoms with Crippen molar-refractivity contribution in [1.82, 2.24) is 0 Å². The van der Waals surface area contributed by atoms with Crippen LogP contribution in [0.2, 0.25) is 0 Å². The Kier molecular flexibility index (Phi) is 3.42. The molecule has 3 rings (SSSR count). The van der Waals surface area contributed by atoms with Gasteiger partial charge in [-0.25, -0.2) is 4.79 Å². The SMILES string of the molecule is COc1ccc2c(c1)c(=O)oc1cc(OCC(=O)[O-])ccc12. The van der Waals surface area contributed by atoms with Crippen molar-refractivity contribution in [1.29, 1.82) is 0 Å². The van der Waals surface area contributed by atoms with Gasteiger partial charge in [-0.2, -0.15) is 0 Å². The van der Waals surface area contributed by atoms with E-state index in [0.29, 0.717) is 16.7 Å². The van der Waals surface area contributed by atoms with Crippen molar-refractivity contribution in [3.05, 3.63) is 46.8 Å². The second kappa shape index (κ2) is 5.40. The monoisotopic (exact) mass is 299 g/mol. The van der Waals surface area contributed by atoms with Crippen LogP contribution in [0, 0.1) is 0 Å². The molecule has 0 spiro atoms. The van der Waals surface area contributed by atoms with Crippen LogP contribution in [-0.2, 0) is 4.79 Å². The molecular formula is C16H11O6-. The molecular weight excluding hydrogens is 288 g/mol. The van der Waals surface area contributed by atoms with E-state index in [-0.39, 0.29) is 5.75 Å². The highest BCUT2D eigenvalue weighted by atomic mass is 16.5. The summed E-state index contributed by atoms with van der Waals surface area (Å²) in [5.74, 6) is -0.479. The summed E-state index contributed by atoms with van der Waals surface area (Å²) < 4.78 is 15.4. The maximum Gasteiger partial charge on any atom is 0.344 e. The molecule has 22 heavy (non-hydrogen) atoms. The average molecular weight is 299 g/mol. The third-order valence-electron chi connectivity index (χ3n) is 3.25. The number of benzene rings is 2. The summed E-state index contributed by atoms with van der Waals surface area (Å²) in [6.07, 6.45) is 0. The Hall–Kier alpha value is -3.02. The molecule has 0 bridgehead atoms. The van der Waals surface area contributed by atoms with Gasteiger partial charge in [0.25, 0.3) is 0 Å². The lowest BCUT2D eigenvalue weighted by atomic mass is 10.1. The average Bonchev–Trinajstić information content (AvgIpc) is 2.52. The quantitative estimate of drug-likeness (QED) is 0.529. The number of carboxylic acids is 1. The number of fused-ring (bicyclic) bond motifs is 3. The van der Waals surface area contributed by atoms with Crippen LogP contribution in [-0.4, -0.2) is 19.7 Å². The van der Waals surface area contributed by atoms with Crippen LogP contribution in [0.1, 0.15) is 0 Å². The Morgan fingerprint density at radius 3 is 2.55 bits per heavy atom. The first-order chi connectivity index (χ1) is 10.6. The maximum atomic E-state index is 12.1. The minimum Gasteiger partial charge on any atom is -0.546 e. The zero-order chi connectivity index (χ0) is 15.7. The molecule has 3 aromatic rings. The molecule has 0 aliphatic heterocycles. The number of hydrogen-bond donors (Lipinski definition) is 0. The van der Waals surface area contributed by atoms with Gasteiger partial charge in [0.05, 0.1) is 18.5 Å². The fraction of sp³-hybridized carbons (Fsp3) is 0.125. The largest absolute Gasteiger partial charge is 0.546 e. The first kappa shape index (κ1) is 13.9. The Labute approximate surface area is 124 Å². The van der Waals surface area contributed by atoms with Crippen LogP contribution in [0.4, 0.5) is 0 Å². The first-order valence-electron chi connectivity index (χ1n) is 6.46. The van der Waals surface area contributed by atoms with E-state index >= 15 is 0 Å². The highest BCUT2D eigenvalue weighted by Crippen LogP contribution is 2.28. The van der Waals surface area contributed by atoms with E-state index in [9.17, 15) is 14.7 Å². The van der Waals surface area contributed by atoms with E-state index in [1.165, 1.54) is 13.2 Å². The van der Waals surface area contributed by atoms with Gasteiger partial charge in [-0.05, 0) is 30.3 Å². The minimum absolute atomic E-state index is 0.285.